The first-order valence-corrected chi connectivity index (χ1v) is 7.28. The fourth-order valence-electron chi connectivity index (χ4n) is 2.38. The molecule has 2 aromatic rings. The number of aryl methyl sites for hydroxylation is 2. The molecule has 1 heterocycles. The highest BCUT2D eigenvalue weighted by molar-refractivity contribution is 6.32. The van der Waals surface area contributed by atoms with Crippen molar-refractivity contribution in [1.29, 1.82) is 0 Å². The molecule has 0 amide bonds. The maximum Gasteiger partial charge on any atom is 0.172 e. The molecule has 21 heavy (non-hydrogen) atoms. The minimum Gasteiger partial charge on any atom is -0.369 e. The van der Waals surface area contributed by atoms with Crippen molar-refractivity contribution in [2.45, 2.75) is 32.9 Å². The van der Waals surface area contributed by atoms with Gasteiger partial charge in [-0.1, -0.05) is 41.9 Å². The quantitative estimate of drug-likeness (QED) is 0.822. The van der Waals surface area contributed by atoms with Gasteiger partial charge in [0.15, 0.2) is 5.78 Å². The molecular weight excluding hydrogens is 288 g/mol. The van der Waals surface area contributed by atoms with Crippen molar-refractivity contribution in [2.24, 2.45) is 0 Å². The number of carbonyl (C=O) groups excluding carboxylic acids is 1. The summed E-state index contributed by atoms with van der Waals surface area (Å²) >= 11 is 6.25. The smallest absolute Gasteiger partial charge is 0.172 e. The van der Waals surface area contributed by atoms with Crippen LogP contribution in [0.4, 0.5) is 0 Å². The molecule has 1 aromatic heterocycles. The Morgan fingerprint density at radius 1 is 1.38 bits per heavy atom. The minimum absolute atomic E-state index is 0.0276. The zero-order valence-corrected chi connectivity index (χ0v) is 13.2. The molecule has 0 saturated heterocycles. The van der Waals surface area contributed by atoms with E-state index in [2.05, 4.69) is 5.10 Å². The van der Waals surface area contributed by atoms with Gasteiger partial charge >= 0.3 is 0 Å². The third kappa shape index (κ3) is 3.34. The van der Waals surface area contributed by atoms with E-state index >= 15 is 0 Å². The van der Waals surface area contributed by atoms with Crippen LogP contribution >= 0.6 is 11.6 Å². The summed E-state index contributed by atoms with van der Waals surface area (Å²) < 4.78 is 7.14. The van der Waals surface area contributed by atoms with Crippen LogP contribution in [0.5, 0.6) is 0 Å². The Labute approximate surface area is 129 Å². The Balaban J connectivity index is 2.25. The molecule has 5 heteroatoms. The molecule has 0 N–H and O–H groups in total. The normalized spacial score (nSPS) is 12.4. The number of methoxy groups -OCH3 is 1. The van der Waals surface area contributed by atoms with Gasteiger partial charge in [0, 0.05) is 13.7 Å². The second-order valence-corrected chi connectivity index (χ2v) is 5.21. The molecule has 0 radical (unpaired) electrons. The van der Waals surface area contributed by atoms with Crippen molar-refractivity contribution in [3.63, 3.8) is 0 Å². The van der Waals surface area contributed by atoms with Gasteiger partial charge in [0.1, 0.15) is 6.10 Å². The monoisotopic (exact) mass is 306 g/mol. The lowest BCUT2D eigenvalue weighted by Crippen LogP contribution is -2.19. The molecule has 1 unspecified atom stereocenters. The van der Waals surface area contributed by atoms with Crippen LogP contribution in [0.15, 0.2) is 30.3 Å². The van der Waals surface area contributed by atoms with E-state index in [1.165, 1.54) is 0 Å². The summed E-state index contributed by atoms with van der Waals surface area (Å²) in [6, 6.07) is 9.46. The van der Waals surface area contributed by atoms with E-state index in [0.717, 1.165) is 17.0 Å². The molecule has 1 atom stereocenters. The van der Waals surface area contributed by atoms with Gasteiger partial charge in [-0.3, -0.25) is 9.48 Å². The molecule has 0 saturated carbocycles. The van der Waals surface area contributed by atoms with Gasteiger partial charge in [-0.15, -0.1) is 0 Å². The summed E-state index contributed by atoms with van der Waals surface area (Å²) in [5.41, 5.74) is 2.34. The Morgan fingerprint density at radius 2 is 2.05 bits per heavy atom. The van der Waals surface area contributed by atoms with Crippen molar-refractivity contribution in [1.82, 2.24) is 9.78 Å². The van der Waals surface area contributed by atoms with Crippen LogP contribution < -0.4 is 0 Å². The second kappa shape index (κ2) is 6.87. The average Bonchev–Trinajstić information content (AvgIpc) is 2.77. The van der Waals surface area contributed by atoms with Crippen LogP contribution in [0.25, 0.3) is 0 Å². The number of hydrogen-bond donors (Lipinski definition) is 0. The van der Waals surface area contributed by atoms with E-state index in [-0.39, 0.29) is 12.2 Å². The molecule has 0 aliphatic heterocycles. The summed E-state index contributed by atoms with van der Waals surface area (Å²) in [6.45, 7) is 4.49. The lowest BCUT2D eigenvalue weighted by atomic mass is 10.0. The number of ketones is 1. The van der Waals surface area contributed by atoms with Crippen LogP contribution in [-0.2, 0) is 22.5 Å². The van der Waals surface area contributed by atoms with Crippen LogP contribution in [-0.4, -0.2) is 22.7 Å². The summed E-state index contributed by atoms with van der Waals surface area (Å²) in [5.74, 6) is -0.0276. The highest BCUT2D eigenvalue weighted by Crippen LogP contribution is 2.25. The fourth-order valence-corrected chi connectivity index (χ4v) is 2.58. The van der Waals surface area contributed by atoms with E-state index in [1.54, 1.807) is 11.8 Å². The van der Waals surface area contributed by atoms with E-state index < -0.39 is 6.10 Å². The largest absolute Gasteiger partial charge is 0.369 e. The van der Waals surface area contributed by atoms with Crippen molar-refractivity contribution >= 4 is 17.4 Å². The number of Topliss-reactive ketones (excluding diaryl/α,β-unsaturated/α-hetero) is 1. The van der Waals surface area contributed by atoms with Crippen molar-refractivity contribution < 1.29 is 9.53 Å². The lowest BCUT2D eigenvalue weighted by Gasteiger charge is -2.15. The van der Waals surface area contributed by atoms with Gasteiger partial charge in [-0.25, -0.2) is 0 Å². The summed E-state index contributed by atoms with van der Waals surface area (Å²) in [7, 11) is 1.54. The van der Waals surface area contributed by atoms with Crippen LogP contribution in [0.1, 0.15) is 30.0 Å². The second-order valence-electron chi connectivity index (χ2n) is 4.83. The van der Waals surface area contributed by atoms with E-state index in [0.29, 0.717) is 11.6 Å². The van der Waals surface area contributed by atoms with E-state index in [4.69, 9.17) is 16.3 Å². The standard InChI is InChI=1S/C16H19ClN2O2/c1-4-19-13(15(17)11(2)18-19)10-14(20)16(21-3)12-8-6-5-7-9-12/h5-9,16H,4,10H2,1-3H3. The number of rotatable bonds is 6. The highest BCUT2D eigenvalue weighted by atomic mass is 35.5. The first kappa shape index (κ1) is 15.7. The molecular formula is C16H19ClN2O2. The van der Waals surface area contributed by atoms with Gasteiger partial charge in [-0.05, 0) is 19.4 Å². The predicted octanol–water partition coefficient (Wildman–Crippen LogP) is 3.36. The van der Waals surface area contributed by atoms with Crippen LogP contribution in [0.2, 0.25) is 5.02 Å². The summed E-state index contributed by atoms with van der Waals surface area (Å²) in [5, 5.41) is 4.89. The molecule has 0 bridgehead atoms. The number of benzene rings is 1. The first-order valence-electron chi connectivity index (χ1n) is 6.90. The number of halogens is 1. The number of aromatic nitrogens is 2. The number of hydrogen-bond acceptors (Lipinski definition) is 3. The third-order valence-corrected chi connectivity index (χ3v) is 3.92. The fraction of sp³-hybridized carbons (Fsp3) is 0.375. The predicted molar refractivity (Wildman–Crippen MR) is 82.6 cm³/mol. The highest BCUT2D eigenvalue weighted by Gasteiger charge is 2.23. The number of ether oxygens (including phenoxy) is 1. The van der Waals surface area contributed by atoms with E-state index in [9.17, 15) is 4.79 Å². The molecule has 4 nitrogen and oxygen atoms in total. The Kier molecular flexibility index (Phi) is 5.15. The third-order valence-electron chi connectivity index (χ3n) is 3.42. The SMILES string of the molecule is CCn1nc(C)c(Cl)c1CC(=O)C(OC)c1ccccc1. The van der Waals surface area contributed by atoms with Crippen LogP contribution in [0, 0.1) is 6.92 Å². The zero-order chi connectivity index (χ0) is 15.4. The topological polar surface area (TPSA) is 44.1 Å². The molecule has 0 aliphatic rings. The maximum atomic E-state index is 12.5. The molecule has 0 spiro atoms. The molecule has 112 valence electrons. The van der Waals surface area contributed by atoms with E-state index in [1.807, 2.05) is 44.2 Å². The number of carbonyl (C=O) groups is 1. The molecule has 0 aliphatic carbocycles. The molecule has 2 rings (SSSR count). The number of nitrogens with zero attached hydrogens (tertiary/aromatic N) is 2. The van der Waals surface area contributed by atoms with Crippen molar-refractivity contribution in [3.05, 3.63) is 52.3 Å². The van der Waals surface area contributed by atoms with Gasteiger partial charge in [0.05, 0.1) is 22.8 Å². The Morgan fingerprint density at radius 3 is 2.62 bits per heavy atom. The Bertz CT molecular complexity index is 623. The van der Waals surface area contributed by atoms with Crippen molar-refractivity contribution in [3.8, 4) is 0 Å². The molecule has 1 aromatic carbocycles. The van der Waals surface area contributed by atoms with Crippen LogP contribution in [0.3, 0.4) is 0 Å². The van der Waals surface area contributed by atoms with Gasteiger partial charge in [0.25, 0.3) is 0 Å². The average molecular weight is 307 g/mol. The van der Waals surface area contributed by atoms with Gasteiger partial charge in [0.2, 0.25) is 0 Å². The Hall–Kier alpha value is -1.65. The maximum absolute atomic E-state index is 12.5. The minimum atomic E-state index is -0.581. The summed E-state index contributed by atoms with van der Waals surface area (Å²) in [6.07, 6.45) is -0.372. The molecule has 0 fully saturated rings. The van der Waals surface area contributed by atoms with Crippen molar-refractivity contribution in [2.75, 3.05) is 7.11 Å². The zero-order valence-electron chi connectivity index (χ0n) is 12.5. The summed E-state index contributed by atoms with van der Waals surface area (Å²) in [4.78, 5) is 12.5. The van der Waals surface area contributed by atoms with Gasteiger partial charge < -0.3 is 4.74 Å². The van der Waals surface area contributed by atoms with Gasteiger partial charge in [-0.2, -0.15) is 5.10 Å². The first-order chi connectivity index (χ1) is 10.1. The lowest BCUT2D eigenvalue weighted by molar-refractivity contribution is -0.128.